The molecule has 0 spiro atoms. The van der Waals surface area contributed by atoms with Crippen molar-refractivity contribution in [1.82, 2.24) is 10.3 Å². The van der Waals surface area contributed by atoms with E-state index in [0.29, 0.717) is 11.7 Å². The van der Waals surface area contributed by atoms with Crippen LogP contribution >= 0.6 is 11.3 Å². The minimum atomic E-state index is -0.441. The molecule has 1 heterocycles. The molecule has 6 heteroatoms. The van der Waals surface area contributed by atoms with E-state index < -0.39 is 6.09 Å². The van der Waals surface area contributed by atoms with Crippen LogP contribution in [0.2, 0.25) is 0 Å². The SMILES string of the molecule is Cc1nc(N)sc1C=CCNC(=O)OCc1ccccc1. The number of carbonyl (C=O) groups excluding carboxylic acids is 1. The third-order valence-electron chi connectivity index (χ3n) is 2.70. The molecule has 110 valence electrons. The molecule has 2 aromatic rings. The normalized spacial score (nSPS) is 10.7. The number of aryl methyl sites for hydroxylation is 1. The predicted molar refractivity (Wildman–Crippen MR) is 84.9 cm³/mol. The fourth-order valence-corrected chi connectivity index (χ4v) is 2.43. The van der Waals surface area contributed by atoms with Crippen molar-refractivity contribution in [2.45, 2.75) is 13.5 Å². The minimum Gasteiger partial charge on any atom is -0.445 e. The average Bonchev–Trinajstić information content (AvgIpc) is 2.80. The molecule has 3 N–H and O–H groups in total. The van der Waals surface area contributed by atoms with Crippen LogP contribution < -0.4 is 11.1 Å². The number of nitrogen functional groups attached to an aromatic ring is 1. The molecule has 0 bridgehead atoms. The number of alkyl carbamates (subject to hydrolysis) is 1. The molecule has 1 aromatic heterocycles. The average molecular weight is 303 g/mol. The van der Waals surface area contributed by atoms with E-state index in [-0.39, 0.29) is 6.61 Å². The molecule has 1 amide bonds. The highest BCUT2D eigenvalue weighted by Crippen LogP contribution is 2.20. The van der Waals surface area contributed by atoms with Gasteiger partial charge in [-0.1, -0.05) is 47.7 Å². The minimum absolute atomic E-state index is 0.265. The first-order chi connectivity index (χ1) is 10.1. The zero-order valence-corrected chi connectivity index (χ0v) is 12.5. The van der Waals surface area contributed by atoms with Crippen molar-refractivity contribution >= 4 is 28.6 Å². The maximum atomic E-state index is 11.5. The van der Waals surface area contributed by atoms with Gasteiger partial charge in [-0.15, -0.1) is 0 Å². The van der Waals surface area contributed by atoms with E-state index in [2.05, 4.69) is 10.3 Å². The second-order valence-electron chi connectivity index (χ2n) is 4.35. The third kappa shape index (κ3) is 4.92. The molecule has 21 heavy (non-hydrogen) atoms. The number of nitrogens with zero attached hydrogens (tertiary/aromatic N) is 1. The van der Waals surface area contributed by atoms with Crippen molar-refractivity contribution in [2.24, 2.45) is 0 Å². The van der Waals surface area contributed by atoms with Gasteiger partial charge < -0.3 is 15.8 Å². The van der Waals surface area contributed by atoms with Gasteiger partial charge in [0, 0.05) is 6.54 Å². The Balaban J connectivity index is 1.71. The van der Waals surface area contributed by atoms with Crippen molar-refractivity contribution in [3.05, 3.63) is 52.5 Å². The van der Waals surface area contributed by atoms with E-state index in [1.807, 2.05) is 49.4 Å². The summed E-state index contributed by atoms with van der Waals surface area (Å²) in [5.74, 6) is 0. The van der Waals surface area contributed by atoms with Crippen LogP contribution in [0.15, 0.2) is 36.4 Å². The molecular weight excluding hydrogens is 286 g/mol. The first kappa shape index (κ1) is 15.1. The number of rotatable bonds is 5. The van der Waals surface area contributed by atoms with Crippen LogP contribution in [0.3, 0.4) is 0 Å². The summed E-state index contributed by atoms with van der Waals surface area (Å²) in [5, 5.41) is 3.20. The summed E-state index contributed by atoms with van der Waals surface area (Å²) in [7, 11) is 0. The highest BCUT2D eigenvalue weighted by molar-refractivity contribution is 7.16. The number of anilines is 1. The van der Waals surface area contributed by atoms with E-state index in [9.17, 15) is 4.79 Å². The van der Waals surface area contributed by atoms with Gasteiger partial charge in [-0.05, 0) is 18.6 Å². The number of nitrogens with two attached hydrogens (primary N) is 1. The summed E-state index contributed by atoms with van der Waals surface area (Å²) in [6, 6.07) is 9.54. The molecule has 0 fully saturated rings. The van der Waals surface area contributed by atoms with Crippen molar-refractivity contribution in [2.75, 3.05) is 12.3 Å². The number of aromatic nitrogens is 1. The summed E-state index contributed by atoms with van der Waals surface area (Å²) >= 11 is 1.42. The quantitative estimate of drug-likeness (QED) is 0.890. The van der Waals surface area contributed by atoms with Crippen LogP contribution in [0.5, 0.6) is 0 Å². The lowest BCUT2D eigenvalue weighted by molar-refractivity contribution is 0.141. The molecular formula is C15H17N3O2S. The van der Waals surface area contributed by atoms with E-state index in [1.54, 1.807) is 0 Å². The van der Waals surface area contributed by atoms with Crippen molar-refractivity contribution in [3.63, 3.8) is 0 Å². The third-order valence-corrected chi connectivity index (χ3v) is 3.65. The Labute approximate surface area is 127 Å². The number of hydrogen-bond acceptors (Lipinski definition) is 5. The molecule has 0 unspecified atom stereocenters. The Bertz CT molecular complexity index is 623. The number of benzene rings is 1. The van der Waals surface area contributed by atoms with Crippen LogP contribution in [0.1, 0.15) is 16.1 Å². The number of amides is 1. The monoisotopic (exact) mass is 303 g/mol. The summed E-state index contributed by atoms with van der Waals surface area (Å²) in [6.07, 6.45) is 3.29. The maximum Gasteiger partial charge on any atom is 0.407 e. The topological polar surface area (TPSA) is 77.2 Å². The second-order valence-corrected chi connectivity index (χ2v) is 5.41. The molecule has 0 aliphatic carbocycles. The van der Waals surface area contributed by atoms with Crippen LogP contribution in [0.25, 0.3) is 6.08 Å². The predicted octanol–water partition coefficient (Wildman–Crippen LogP) is 2.97. The fourth-order valence-electron chi connectivity index (χ4n) is 1.67. The molecule has 1 aromatic carbocycles. The lowest BCUT2D eigenvalue weighted by Gasteiger charge is -2.05. The molecule has 0 atom stereocenters. The van der Waals surface area contributed by atoms with E-state index >= 15 is 0 Å². The van der Waals surface area contributed by atoms with E-state index in [4.69, 9.17) is 10.5 Å². The van der Waals surface area contributed by atoms with Gasteiger partial charge in [-0.2, -0.15) is 0 Å². The fraction of sp³-hybridized carbons (Fsp3) is 0.200. The van der Waals surface area contributed by atoms with Gasteiger partial charge in [0.2, 0.25) is 0 Å². The number of hydrogen-bond donors (Lipinski definition) is 2. The first-order valence-electron chi connectivity index (χ1n) is 6.49. The summed E-state index contributed by atoms with van der Waals surface area (Å²) in [5.41, 5.74) is 7.46. The Kier molecular flexibility index (Phi) is 5.34. The lowest BCUT2D eigenvalue weighted by atomic mass is 10.2. The van der Waals surface area contributed by atoms with Gasteiger partial charge in [-0.3, -0.25) is 0 Å². The lowest BCUT2D eigenvalue weighted by Crippen LogP contribution is -2.24. The molecule has 0 aliphatic rings. The Morgan fingerprint density at radius 3 is 2.86 bits per heavy atom. The molecule has 0 radical (unpaired) electrons. The highest BCUT2D eigenvalue weighted by atomic mass is 32.1. The van der Waals surface area contributed by atoms with Gasteiger partial charge in [0.15, 0.2) is 5.13 Å². The van der Waals surface area contributed by atoms with Gasteiger partial charge in [0.05, 0.1) is 10.6 Å². The van der Waals surface area contributed by atoms with E-state index in [1.165, 1.54) is 11.3 Å². The van der Waals surface area contributed by atoms with Gasteiger partial charge in [-0.25, -0.2) is 9.78 Å². The van der Waals surface area contributed by atoms with Crippen LogP contribution in [0, 0.1) is 6.92 Å². The number of thiazole rings is 1. The molecule has 0 saturated heterocycles. The second kappa shape index (κ2) is 7.44. The molecule has 0 saturated carbocycles. The smallest absolute Gasteiger partial charge is 0.407 e. The van der Waals surface area contributed by atoms with Crippen LogP contribution in [-0.4, -0.2) is 17.6 Å². The van der Waals surface area contributed by atoms with Crippen LogP contribution in [0.4, 0.5) is 9.93 Å². The Morgan fingerprint density at radius 2 is 2.19 bits per heavy atom. The standard InChI is InChI=1S/C15H17N3O2S/c1-11-13(21-14(16)18-11)8-5-9-17-15(19)20-10-12-6-3-2-4-7-12/h2-8H,9-10H2,1H3,(H2,16,18)(H,17,19). The maximum absolute atomic E-state index is 11.5. The van der Waals surface area contributed by atoms with Crippen molar-refractivity contribution < 1.29 is 9.53 Å². The summed E-state index contributed by atoms with van der Waals surface area (Å²) in [6.45, 7) is 2.56. The van der Waals surface area contributed by atoms with Gasteiger partial charge in [0.1, 0.15) is 6.61 Å². The van der Waals surface area contributed by atoms with Gasteiger partial charge in [0.25, 0.3) is 0 Å². The Morgan fingerprint density at radius 1 is 1.43 bits per heavy atom. The van der Waals surface area contributed by atoms with Crippen molar-refractivity contribution in [3.8, 4) is 0 Å². The molecule has 2 rings (SSSR count). The summed E-state index contributed by atoms with van der Waals surface area (Å²) < 4.78 is 5.09. The largest absolute Gasteiger partial charge is 0.445 e. The first-order valence-corrected chi connectivity index (χ1v) is 7.31. The highest BCUT2D eigenvalue weighted by Gasteiger charge is 2.02. The Hall–Kier alpha value is -2.34. The van der Waals surface area contributed by atoms with Gasteiger partial charge >= 0.3 is 6.09 Å². The number of nitrogens with one attached hydrogen (secondary N) is 1. The molecule has 0 aliphatic heterocycles. The van der Waals surface area contributed by atoms with Crippen molar-refractivity contribution in [1.29, 1.82) is 0 Å². The molecule has 5 nitrogen and oxygen atoms in total. The summed E-state index contributed by atoms with van der Waals surface area (Å²) in [4.78, 5) is 16.6. The van der Waals surface area contributed by atoms with E-state index in [0.717, 1.165) is 16.1 Å². The number of carbonyl (C=O) groups is 1. The zero-order valence-electron chi connectivity index (χ0n) is 11.7. The zero-order chi connectivity index (χ0) is 15.1. The van der Waals surface area contributed by atoms with Crippen LogP contribution in [-0.2, 0) is 11.3 Å². The number of ether oxygens (including phenoxy) is 1.